The standard InChI is InChI=1S/C23H28F2N4O3.HI/c1-26-23(27-12-16-4-6-17(7-5-16)14-29-8-2-3-9-29)28-13-18-10-20-21(31-15-30-20)11-19(18)32-22(24)25;/h4-7,10-11,22H,2-3,8-9,12-15H2,1H3,(H2,26,27,28);1H. The van der Waals surface area contributed by atoms with Crippen LogP contribution in [0.2, 0.25) is 0 Å². The molecule has 0 saturated carbocycles. The highest BCUT2D eigenvalue weighted by atomic mass is 127. The highest BCUT2D eigenvalue weighted by molar-refractivity contribution is 14.0. The van der Waals surface area contributed by atoms with Gasteiger partial charge in [-0.3, -0.25) is 9.89 Å². The monoisotopic (exact) mass is 574 g/mol. The van der Waals surface area contributed by atoms with E-state index in [1.165, 1.54) is 37.6 Å². The first kappa shape index (κ1) is 25.3. The summed E-state index contributed by atoms with van der Waals surface area (Å²) in [5.41, 5.74) is 2.96. The van der Waals surface area contributed by atoms with Gasteiger partial charge in [-0.05, 0) is 43.1 Å². The van der Waals surface area contributed by atoms with Gasteiger partial charge in [-0.1, -0.05) is 24.3 Å². The van der Waals surface area contributed by atoms with Gasteiger partial charge >= 0.3 is 6.61 Å². The van der Waals surface area contributed by atoms with Crippen molar-refractivity contribution in [1.82, 2.24) is 15.5 Å². The second kappa shape index (κ2) is 12.2. The molecule has 0 aromatic heterocycles. The first-order valence-electron chi connectivity index (χ1n) is 10.7. The molecule has 0 aliphatic carbocycles. The van der Waals surface area contributed by atoms with Gasteiger partial charge in [0.15, 0.2) is 17.5 Å². The number of benzene rings is 2. The summed E-state index contributed by atoms with van der Waals surface area (Å²) in [6.45, 7) is 1.30. The highest BCUT2D eigenvalue weighted by Gasteiger charge is 2.20. The van der Waals surface area contributed by atoms with Crippen LogP contribution in [0.15, 0.2) is 41.4 Å². The van der Waals surface area contributed by atoms with Crippen molar-refractivity contribution in [2.24, 2.45) is 4.99 Å². The zero-order valence-electron chi connectivity index (χ0n) is 18.5. The molecule has 0 radical (unpaired) electrons. The highest BCUT2D eigenvalue weighted by Crippen LogP contribution is 2.38. The van der Waals surface area contributed by atoms with Gasteiger partial charge in [0, 0.05) is 38.3 Å². The van der Waals surface area contributed by atoms with Crippen molar-refractivity contribution >= 4 is 29.9 Å². The third kappa shape index (κ3) is 7.07. The normalized spacial score (nSPS) is 15.5. The number of hydrogen-bond donors (Lipinski definition) is 2. The largest absolute Gasteiger partial charge is 0.454 e. The Kier molecular flexibility index (Phi) is 9.36. The molecule has 2 N–H and O–H groups in total. The molecule has 0 amide bonds. The van der Waals surface area contributed by atoms with Crippen LogP contribution in [0, 0.1) is 0 Å². The Morgan fingerprint density at radius 3 is 2.33 bits per heavy atom. The fourth-order valence-corrected chi connectivity index (χ4v) is 3.86. The van der Waals surface area contributed by atoms with E-state index in [1.807, 2.05) is 0 Å². The summed E-state index contributed by atoms with van der Waals surface area (Å²) in [6, 6.07) is 11.6. The van der Waals surface area contributed by atoms with E-state index in [0.717, 1.165) is 12.1 Å². The third-order valence-corrected chi connectivity index (χ3v) is 5.53. The lowest BCUT2D eigenvalue weighted by atomic mass is 10.1. The average molecular weight is 574 g/mol. The van der Waals surface area contributed by atoms with E-state index in [4.69, 9.17) is 9.47 Å². The number of alkyl halides is 2. The number of aliphatic imine (C=N–C) groups is 1. The first-order chi connectivity index (χ1) is 15.6. The molecular formula is C23H29F2IN4O3. The molecule has 0 bridgehead atoms. The molecule has 2 aliphatic rings. The SMILES string of the molecule is CN=C(NCc1ccc(CN2CCCC2)cc1)NCc1cc2c(cc1OC(F)F)OCO2.I. The van der Waals surface area contributed by atoms with Crippen LogP contribution >= 0.6 is 24.0 Å². The lowest BCUT2D eigenvalue weighted by Gasteiger charge is -2.16. The summed E-state index contributed by atoms with van der Waals surface area (Å²) in [5.74, 6) is 1.48. The Balaban J connectivity index is 0.00000306. The molecule has 4 rings (SSSR count). The number of nitrogens with one attached hydrogen (secondary N) is 2. The van der Waals surface area contributed by atoms with Crippen LogP contribution in [0.5, 0.6) is 17.2 Å². The van der Waals surface area contributed by atoms with E-state index in [1.54, 1.807) is 13.1 Å². The van der Waals surface area contributed by atoms with E-state index >= 15 is 0 Å². The number of fused-ring (bicyclic) bond motifs is 1. The van der Waals surface area contributed by atoms with Crippen molar-refractivity contribution in [2.45, 2.75) is 39.1 Å². The van der Waals surface area contributed by atoms with E-state index < -0.39 is 6.61 Å². The van der Waals surface area contributed by atoms with Crippen molar-refractivity contribution in [3.05, 3.63) is 53.1 Å². The molecule has 0 spiro atoms. The molecule has 7 nitrogen and oxygen atoms in total. The Hall–Kier alpha value is -2.34. The van der Waals surface area contributed by atoms with Crippen LogP contribution < -0.4 is 24.8 Å². The van der Waals surface area contributed by atoms with Crippen molar-refractivity contribution < 1.29 is 23.0 Å². The van der Waals surface area contributed by atoms with Crippen molar-refractivity contribution in [2.75, 3.05) is 26.9 Å². The third-order valence-electron chi connectivity index (χ3n) is 5.53. The Morgan fingerprint density at radius 2 is 1.67 bits per heavy atom. The number of nitrogens with zero attached hydrogens (tertiary/aromatic N) is 2. The maximum atomic E-state index is 12.8. The molecule has 2 aromatic rings. The number of ether oxygens (including phenoxy) is 3. The van der Waals surface area contributed by atoms with Crippen LogP contribution in [0.25, 0.3) is 0 Å². The fraction of sp³-hybridized carbons (Fsp3) is 0.435. The predicted octanol–water partition coefficient (Wildman–Crippen LogP) is 4.10. The van der Waals surface area contributed by atoms with Gasteiger partial charge in [0.2, 0.25) is 6.79 Å². The first-order valence-corrected chi connectivity index (χ1v) is 10.7. The molecule has 1 fully saturated rings. The number of halogens is 3. The molecule has 0 atom stereocenters. The van der Waals surface area contributed by atoms with Gasteiger partial charge in [-0.2, -0.15) is 8.78 Å². The van der Waals surface area contributed by atoms with Crippen molar-refractivity contribution in [1.29, 1.82) is 0 Å². The molecule has 33 heavy (non-hydrogen) atoms. The Labute approximate surface area is 209 Å². The molecule has 2 aromatic carbocycles. The van der Waals surface area contributed by atoms with Gasteiger partial charge in [-0.15, -0.1) is 24.0 Å². The minimum absolute atomic E-state index is 0. The van der Waals surface area contributed by atoms with E-state index in [0.29, 0.717) is 29.6 Å². The fourth-order valence-electron chi connectivity index (χ4n) is 3.86. The van der Waals surface area contributed by atoms with Crippen LogP contribution in [0.3, 0.4) is 0 Å². The van der Waals surface area contributed by atoms with Gasteiger partial charge in [-0.25, -0.2) is 0 Å². The van der Waals surface area contributed by atoms with Crippen LogP contribution in [-0.4, -0.2) is 44.4 Å². The molecule has 1 saturated heterocycles. The summed E-state index contributed by atoms with van der Waals surface area (Å²) in [4.78, 5) is 6.68. The van der Waals surface area contributed by atoms with E-state index in [2.05, 4.69) is 49.5 Å². The van der Waals surface area contributed by atoms with Gasteiger partial charge in [0.05, 0.1) is 0 Å². The minimum Gasteiger partial charge on any atom is -0.454 e. The molecule has 2 aliphatic heterocycles. The number of hydrogen-bond acceptors (Lipinski definition) is 5. The number of rotatable bonds is 8. The topological polar surface area (TPSA) is 67.4 Å². The van der Waals surface area contributed by atoms with Gasteiger partial charge < -0.3 is 24.8 Å². The lowest BCUT2D eigenvalue weighted by Crippen LogP contribution is -2.36. The summed E-state index contributed by atoms with van der Waals surface area (Å²) in [6.07, 6.45) is 2.58. The van der Waals surface area contributed by atoms with E-state index in [-0.39, 0.29) is 43.1 Å². The van der Waals surface area contributed by atoms with Crippen LogP contribution in [0.4, 0.5) is 8.78 Å². The second-order valence-corrected chi connectivity index (χ2v) is 7.77. The minimum atomic E-state index is -2.93. The van der Waals surface area contributed by atoms with Gasteiger partial charge in [0.1, 0.15) is 5.75 Å². The summed E-state index contributed by atoms with van der Waals surface area (Å²) in [7, 11) is 1.66. The predicted molar refractivity (Wildman–Crippen MR) is 133 cm³/mol. The summed E-state index contributed by atoms with van der Waals surface area (Å²) in [5, 5.41) is 6.38. The van der Waals surface area contributed by atoms with Crippen molar-refractivity contribution in [3.8, 4) is 17.2 Å². The number of guanidine groups is 1. The maximum Gasteiger partial charge on any atom is 0.387 e. The Morgan fingerprint density at radius 1 is 1.03 bits per heavy atom. The van der Waals surface area contributed by atoms with Gasteiger partial charge in [0.25, 0.3) is 0 Å². The quantitative estimate of drug-likeness (QED) is 0.282. The molecule has 180 valence electrons. The summed E-state index contributed by atoms with van der Waals surface area (Å²) >= 11 is 0. The zero-order valence-corrected chi connectivity index (χ0v) is 20.8. The molecule has 0 unspecified atom stereocenters. The lowest BCUT2D eigenvalue weighted by molar-refractivity contribution is -0.0505. The number of likely N-dealkylation sites (tertiary alicyclic amines) is 1. The molecular weight excluding hydrogens is 545 g/mol. The Bertz CT molecular complexity index is 938. The summed E-state index contributed by atoms with van der Waals surface area (Å²) < 4.78 is 40.9. The molecule has 2 heterocycles. The van der Waals surface area contributed by atoms with Crippen LogP contribution in [0.1, 0.15) is 29.5 Å². The maximum absolute atomic E-state index is 12.8. The average Bonchev–Trinajstić information content (AvgIpc) is 3.46. The van der Waals surface area contributed by atoms with E-state index in [9.17, 15) is 8.78 Å². The van der Waals surface area contributed by atoms with Crippen LogP contribution in [-0.2, 0) is 19.6 Å². The smallest absolute Gasteiger partial charge is 0.387 e. The van der Waals surface area contributed by atoms with Crippen molar-refractivity contribution in [3.63, 3.8) is 0 Å². The zero-order chi connectivity index (χ0) is 22.3. The molecule has 10 heteroatoms. The second-order valence-electron chi connectivity index (χ2n) is 7.77.